The Morgan fingerprint density at radius 1 is 1.60 bits per heavy atom. The van der Waals surface area contributed by atoms with Crippen LogP contribution in [-0.4, -0.2) is 6.29 Å². The Bertz CT molecular complexity index is 255. The lowest BCUT2D eigenvalue weighted by molar-refractivity contribution is -0.677. The van der Waals surface area contributed by atoms with E-state index in [4.69, 9.17) is 0 Å². The van der Waals surface area contributed by atoms with Crippen LogP contribution in [0.3, 0.4) is 0 Å². The average Bonchev–Trinajstić information content (AvgIpc) is 1.95. The van der Waals surface area contributed by atoms with Gasteiger partial charge in [0.2, 0.25) is 0 Å². The number of aldehydes is 1. The molecule has 0 aliphatic rings. The van der Waals surface area contributed by atoms with Gasteiger partial charge < -0.3 is 0 Å². The number of nitrogens with zero attached hydrogens (tertiary/aromatic N) is 1. The molecule has 0 saturated heterocycles. The fraction of sp³-hybridized carbons (Fsp3) is 0.250. The van der Waals surface area contributed by atoms with Crippen LogP contribution in [0.1, 0.15) is 16.1 Å². The van der Waals surface area contributed by atoms with Gasteiger partial charge in [-0.3, -0.25) is 4.79 Å². The van der Waals surface area contributed by atoms with Crippen molar-refractivity contribution >= 4 is 6.29 Å². The topological polar surface area (TPSA) is 20.9 Å². The summed E-state index contributed by atoms with van der Waals surface area (Å²) >= 11 is 0. The van der Waals surface area contributed by atoms with Gasteiger partial charge in [-0.15, -0.1) is 0 Å². The van der Waals surface area contributed by atoms with Crippen molar-refractivity contribution in [3.8, 4) is 0 Å². The third kappa shape index (κ3) is 1.21. The Hall–Kier alpha value is -1.18. The van der Waals surface area contributed by atoms with Crippen LogP contribution in [0.25, 0.3) is 0 Å². The van der Waals surface area contributed by atoms with Crippen molar-refractivity contribution in [3.63, 3.8) is 0 Å². The van der Waals surface area contributed by atoms with Gasteiger partial charge in [-0.2, -0.15) is 0 Å². The number of hydrogen-bond donors (Lipinski definition) is 0. The zero-order chi connectivity index (χ0) is 7.56. The third-order valence-corrected chi connectivity index (χ3v) is 1.56. The quantitative estimate of drug-likeness (QED) is 0.410. The lowest BCUT2D eigenvalue weighted by atomic mass is 10.2. The minimum Gasteiger partial charge on any atom is -0.298 e. The molecule has 1 aromatic heterocycles. The van der Waals surface area contributed by atoms with Crippen molar-refractivity contribution in [1.82, 2.24) is 0 Å². The lowest BCUT2D eigenvalue weighted by Crippen LogP contribution is -2.31. The highest BCUT2D eigenvalue weighted by molar-refractivity contribution is 5.74. The molecule has 0 atom stereocenters. The summed E-state index contributed by atoms with van der Waals surface area (Å²) in [6, 6.07) is 3.65. The van der Waals surface area contributed by atoms with Gasteiger partial charge in [0.15, 0.2) is 18.2 Å². The minimum atomic E-state index is 0.732. The molecule has 0 aliphatic heterocycles. The Labute approximate surface area is 60.1 Å². The van der Waals surface area contributed by atoms with E-state index in [2.05, 4.69) is 0 Å². The molecule has 0 spiro atoms. The van der Waals surface area contributed by atoms with Gasteiger partial charge in [-0.05, 0) is 0 Å². The summed E-state index contributed by atoms with van der Waals surface area (Å²) in [6.07, 6.45) is 2.73. The smallest absolute Gasteiger partial charge is 0.178 e. The lowest BCUT2D eigenvalue weighted by Gasteiger charge is -1.91. The van der Waals surface area contributed by atoms with E-state index in [-0.39, 0.29) is 0 Å². The minimum absolute atomic E-state index is 0.732. The van der Waals surface area contributed by atoms with Crippen LogP contribution >= 0.6 is 0 Å². The van der Waals surface area contributed by atoms with Crippen LogP contribution in [0.15, 0.2) is 18.3 Å². The van der Waals surface area contributed by atoms with Crippen LogP contribution in [0.5, 0.6) is 0 Å². The molecular formula is C8H10NO+. The maximum absolute atomic E-state index is 10.3. The third-order valence-electron chi connectivity index (χ3n) is 1.56. The van der Waals surface area contributed by atoms with Crippen molar-refractivity contribution in [2.45, 2.75) is 6.92 Å². The molecule has 2 heteroatoms. The molecule has 1 rings (SSSR count). The van der Waals surface area contributed by atoms with E-state index < -0.39 is 0 Å². The molecule has 2 nitrogen and oxygen atoms in total. The van der Waals surface area contributed by atoms with Gasteiger partial charge in [-0.25, -0.2) is 4.57 Å². The van der Waals surface area contributed by atoms with Gasteiger partial charge in [0.05, 0.1) is 0 Å². The van der Waals surface area contributed by atoms with Gasteiger partial charge in [0, 0.05) is 24.6 Å². The monoisotopic (exact) mass is 136 g/mol. The van der Waals surface area contributed by atoms with E-state index >= 15 is 0 Å². The largest absolute Gasteiger partial charge is 0.298 e. The number of pyridine rings is 1. The second-order valence-electron chi connectivity index (χ2n) is 2.33. The van der Waals surface area contributed by atoms with Gasteiger partial charge in [0.1, 0.15) is 7.05 Å². The number of rotatable bonds is 1. The second kappa shape index (κ2) is 2.60. The number of hydrogen-bond acceptors (Lipinski definition) is 1. The summed E-state index contributed by atoms with van der Waals surface area (Å²) in [5, 5.41) is 0. The van der Waals surface area contributed by atoms with Crippen molar-refractivity contribution in [2.24, 2.45) is 7.05 Å². The molecule has 0 fully saturated rings. The maximum Gasteiger partial charge on any atom is 0.178 e. The first-order valence-electron chi connectivity index (χ1n) is 3.15. The summed E-state index contributed by atoms with van der Waals surface area (Å²) in [4.78, 5) is 10.3. The first-order valence-corrected chi connectivity index (χ1v) is 3.15. The molecule has 0 saturated carbocycles. The molecule has 0 unspecified atom stereocenters. The molecular weight excluding hydrogens is 126 g/mol. The Kier molecular flexibility index (Phi) is 1.81. The summed E-state index contributed by atoms with van der Waals surface area (Å²) in [6.45, 7) is 1.97. The molecule has 10 heavy (non-hydrogen) atoms. The fourth-order valence-electron chi connectivity index (χ4n) is 0.780. The zero-order valence-corrected chi connectivity index (χ0v) is 6.16. The SMILES string of the molecule is Cc1cc(C=O)cc[n+]1C. The number of carbonyl (C=O) groups excluding carboxylic acids is 1. The van der Waals surface area contributed by atoms with Crippen LogP contribution in [-0.2, 0) is 7.05 Å². The Morgan fingerprint density at radius 3 is 2.80 bits per heavy atom. The molecule has 1 aromatic rings. The van der Waals surface area contributed by atoms with Crippen molar-refractivity contribution in [1.29, 1.82) is 0 Å². The fourth-order valence-corrected chi connectivity index (χ4v) is 0.780. The normalized spacial score (nSPS) is 9.40. The maximum atomic E-state index is 10.3. The van der Waals surface area contributed by atoms with Crippen LogP contribution in [0, 0.1) is 6.92 Å². The Morgan fingerprint density at radius 2 is 2.30 bits per heavy atom. The Balaban J connectivity index is 3.16. The van der Waals surface area contributed by atoms with E-state index in [1.165, 1.54) is 0 Å². The summed E-state index contributed by atoms with van der Waals surface area (Å²) in [5.41, 5.74) is 1.82. The van der Waals surface area contributed by atoms with Gasteiger partial charge in [-0.1, -0.05) is 0 Å². The highest BCUT2D eigenvalue weighted by Crippen LogP contribution is 1.93. The predicted molar refractivity (Wildman–Crippen MR) is 37.7 cm³/mol. The van der Waals surface area contributed by atoms with E-state index in [1.54, 1.807) is 6.07 Å². The van der Waals surface area contributed by atoms with Crippen LogP contribution < -0.4 is 4.57 Å². The molecule has 0 aliphatic carbocycles. The highest BCUT2D eigenvalue weighted by Gasteiger charge is 1.99. The summed E-state index contributed by atoms with van der Waals surface area (Å²) < 4.78 is 1.97. The van der Waals surface area contributed by atoms with Gasteiger partial charge >= 0.3 is 0 Å². The van der Waals surface area contributed by atoms with E-state index in [0.717, 1.165) is 17.5 Å². The first-order chi connectivity index (χ1) is 4.74. The molecule has 0 amide bonds. The standard InChI is InChI=1S/C8H10NO/c1-7-5-8(6-10)3-4-9(7)2/h3-6H,1-2H3/q+1. The molecule has 52 valence electrons. The van der Waals surface area contributed by atoms with E-state index in [9.17, 15) is 4.79 Å². The molecule has 1 heterocycles. The van der Waals surface area contributed by atoms with Gasteiger partial charge in [0.25, 0.3) is 0 Å². The van der Waals surface area contributed by atoms with Crippen molar-refractivity contribution < 1.29 is 9.36 Å². The van der Waals surface area contributed by atoms with Crippen LogP contribution in [0.2, 0.25) is 0 Å². The highest BCUT2D eigenvalue weighted by atomic mass is 16.1. The van der Waals surface area contributed by atoms with Crippen molar-refractivity contribution in [3.05, 3.63) is 29.6 Å². The zero-order valence-electron chi connectivity index (χ0n) is 6.16. The average molecular weight is 136 g/mol. The summed E-state index contributed by atoms with van der Waals surface area (Å²) in [7, 11) is 1.95. The van der Waals surface area contributed by atoms with E-state index in [1.807, 2.05) is 30.8 Å². The molecule has 0 N–H and O–H groups in total. The number of aromatic nitrogens is 1. The molecule has 0 aromatic carbocycles. The number of aryl methyl sites for hydroxylation is 2. The number of carbonyl (C=O) groups is 1. The first kappa shape index (κ1) is 6.93. The molecule has 0 radical (unpaired) electrons. The van der Waals surface area contributed by atoms with E-state index in [0.29, 0.717) is 0 Å². The second-order valence-corrected chi connectivity index (χ2v) is 2.33. The summed E-state index contributed by atoms with van der Waals surface area (Å²) in [5.74, 6) is 0. The van der Waals surface area contributed by atoms with Crippen molar-refractivity contribution in [2.75, 3.05) is 0 Å². The molecule has 0 bridgehead atoms. The van der Waals surface area contributed by atoms with Crippen LogP contribution in [0.4, 0.5) is 0 Å². The predicted octanol–water partition coefficient (Wildman–Crippen LogP) is 0.632.